The number of benzene rings is 3. The van der Waals surface area contributed by atoms with Crippen molar-refractivity contribution in [1.29, 1.82) is 0 Å². The fourth-order valence-electron chi connectivity index (χ4n) is 4.52. The lowest BCUT2D eigenvalue weighted by Gasteiger charge is -2.29. The molecule has 0 bridgehead atoms. The molecule has 1 amide bonds. The lowest BCUT2D eigenvalue weighted by atomic mass is 9.85. The molecule has 1 atom stereocenters. The summed E-state index contributed by atoms with van der Waals surface area (Å²) in [5, 5.41) is 2.99. The quantitative estimate of drug-likeness (QED) is 0.410. The standard InChI is InChI=1S/C27H30FN3O3S/c1-18(19-7-11-22(28)12-8-19)30-27(32)21-9-13-23(14-10-21)31-35(33,34)24-15-16-25(26(29)17-24)20-5-3-2-4-6-20/h2-8,11-12,15-18,21,23,31H,9-10,13-14,29H2,1H3,(H,30,32)/t18-,21-,23-/m1/s1. The number of anilines is 1. The Kier molecular flexibility index (Phi) is 7.52. The molecule has 0 aromatic heterocycles. The van der Waals surface area contributed by atoms with Crippen LogP contribution in [0.2, 0.25) is 0 Å². The maximum atomic E-state index is 13.1. The van der Waals surface area contributed by atoms with Crippen molar-refractivity contribution in [1.82, 2.24) is 10.0 Å². The highest BCUT2D eigenvalue weighted by Crippen LogP contribution is 2.30. The van der Waals surface area contributed by atoms with E-state index in [1.54, 1.807) is 24.3 Å². The Morgan fingerprint density at radius 2 is 1.63 bits per heavy atom. The van der Waals surface area contributed by atoms with Gasteiger partial charge in [0.2, 0.25) is 15.9 Å². The molecule has 8 heteroatoms. The first-order valence-electron chi connectivity index (χ1n) is 11.8. The normalized spacial score (nSPS) is 19.1. The summed E-state index contributed by atoms with van der Waals surface area (Å²) < 4.78 is 41.8. The second kappa shape index (κ2) is 10.6. The van der Waals surface area contributed by atoms with Gasteiger partial charge >= 0.3 is 0 Å². The minimum absolute atomic E-state index is 0.0626. The van der Waals surface area contributed by atoms with E-state index in [-0.39, 0.29) is 34.6 Å². The number of nitrogens with one attached hydrogen (secondary N) is 2. The molecule has 0 heterocycles. The van der Waals surface area contributed by atoms with E-state index in [1.807, 2.05) is 37.3 Å². The molecule has 0 saturated heterocycles. The molecule has 4 N–H and O–H groups in total. The third-order valence-corrected chi connectivity index (χ3v) is 8.08. The number of sulfonamides is 1. The van der Waals surface area contributed by atoms with E-state index < -0.39 is 10.0 Å². The smallest absolute Gasteiger partial charge is 0.240 e. The summed E-state index contributed by atoms with van der Waals surface area (Å²) in [6.45, 7) is 1.86. The van der Waals surface area contributed by atoms with E-state index >= 15 is 0 Å². The van der Waals surface area contributed by atoms with E-state index in [2.05, 4.69) is 10.0 Å². The third-order valence-electron chi connectivity index (χ3n) is 6.57. The Hall–Kier alpha value is -3.23. The van der Waals surface area contributed by atoms with Crippen LogP contribution in [-0.4, -0.2) is 20.4 Å². The second-order valence-corrected chi connectivity index (χ2v) is 10.8. The molecule has 0 radical (unpaired) electrons. The Morgan fingerprint density at radius 3 is 2.26 bits per heavy atom. The van der Waals surface area contributed by atoms with Gasteiger partial charge in [0.25, 0.3) is 0 Å². The molecule has 6 nitrogen and oxygen atoms in total. The third kappa shape index (κ3) is 6.07. The zero-order valence-corrected chi connectivity index (χ0v) is 20.4. The molecule has 184 valence electrons. The van der Waals surface area contributed by atoms with E-state index in [1.165, 1.54) is 18.2 Å². The van der Waals surface area contributed by atoms with E-state index in [4.69, 9.17) is 5.73 Å². The lowest BCUT2D eigenvalue weighted by molar-refractivity contribution is -0.126. The topological polar surface area (TPSA) is 101 Å². The number of halogens is 1. The molecule has 1 aliphatic carbocycles. The number of nitrogen functional groups attached to an aromatic ring is 1. The minimum atomic E-state index is -3.74. The van der Waals surface area contributed by atoms with Gasteiger partial charge < -0.3 is 11.1 Å². The Balaban J connectivity index is 1.33. The first-order valence-corrected chi connectivity index (χ1v) is 13.2. The van der Waals surface area contributed by atoms with Crippen LogP contribution in [0.4, 0.5) is 10.1 Å². The summed E-state index contributed by atoms with van der Waals surface area (Å²) in [6.07, 6.45) is 2.31. The number of hydrogen-bond donors (Lipinski definition) is 3. The van der Waals surface area contributed by atoms with Crippen LogP contribution in [-0.2, 0) is 14.8 Å². The highest BCUT2D eigenvalue weighted by molar-refractivity contribution is 7.89. The van der Waals surface area contributed by atoms with Crippen molar-refractivity contribution in [2.45, 2.75) is 49.6 Å². The highest BCUT2D eigenvalue weighted by Gasteiger charge is 2.30. The number of amides is 1. The highest BCUT2D eigenvalue weighted by atomic mass is 32.2. The molecular weight excluding hydrogens is 465 g/mol. The first kappa shape index (κ1) is 24.9. The van der Waals surface area contributed by atoms with Gasteiger partial charge in [0.15, 0.2) is 0 Å². The maximum Gasteiger partial charge on any atom is 0.240 e. The average Bonchev–Trinajstić information content (AvgIpc) is 2.85. The molecule has 3 aromatic rings. The Bertz CT molecular complexity index is 1270. The van der Waals surface area contributed by atoms with Gasteiger partial charge in [0.1, 0.15) is 5.82 Å². The van der Waals surface area contributed by atoms with E-state index in [0.29, 0.717) is 31.4 Å². The summed E-state index contributed by atoms with van der Waals surface area (Å²) in [5.41, 5.74) is 9.11. The zero-order chi connectivity index (χ0) is 25.0. The van der Waals surface area contributed by atoms with Crippen LogP contribution < -0.4 is 15.8 Å². The predicted molar refractivity (Wildman–Crippen MR) is 135 cm³/mol. The fraction of sp³-hybridized carbons (Fsp3) is 0.296. The van der Waals surface area contributed by atoms with Gasteiger partial charge in [-0.05, 0) is 68.0 Å². The van der Waals surface area contributed by atoms with E-state index in [9.17, 15) is 17.6 Å². The molecule has 0 unspecified atom stereocenters. The number of carbonyl (C=O) groups excluding carboxylic acids is 1. The van der Waals surface area contributed by atoms with Crippen LogP contribution in [0.3, 0.4) is 0 Å². The van der Waals surface area contributed by atoms with E-state index in [0.717, 1.165) is 16.7 Å². The van der Waals surface area contributed by atoms with Crippen molar-refractivity contribution in [2.75, 3.05) is 5.73 Å². The fourth-order valence-corrected chi connectivity index (χ4v) is 5.86. The Labute approximate surface area is 205 Å². The monoisotopic (exact) mass is 495 g/mol. The molecule has 1 aliphatic rings. The Morgan fingerprint density at radius 1 is 0.971 bits per heavy atom. The van der Waals surface area contributed by atoms with Gasteiger partial charge in [0, 0.05) is 23.2 Å². The van der Waals surface area contributed by atoms with Crippen LogP contribution >= 0.6 is 0 Å². The van der Waals surface area contributed by atoms with Gasteiger partial charge in [-0.15, -0.1) is 0 Å². The number of hydrogen-bond acceptors (Lipinski definition) is 4. The van der Waals surface area contributed by atoms with Crippen molar-refractivity contribution in [3.63, 3.8) is 0 Å². The number of carbonyl (C=O) groups is 1. The summed E-state index contributed by atoms with van der Waals surface area (Å²) >= 11 is 0. The molecule has 1 saturated carbocycles. The van der Waals surface area contributed by atoms with Gasteiger partial charge in [-0.25, -0.2) is 17.5 Å². The average molecular weight is 496 g/mol. The van der Waals surface area contributed by atoms with Crippen LogP contribution in [0.25, 0.3) is 11.1 Å². The van der Waals surface area contributed by atoms with Crippen molar-refractivity contribution in [2.24, 2.45) is 5.92 Å². The molecule has 1 fully saturated rings. The summed E-state index contributed by atoms with van der Waals surface area (Å²) in [7, 11) is -3.74. The van der Waals surface area contributed by atoms with Gasteiger partial charge in [-0.2, -0.15) is 0 Å². The summed E-state index contributed by atoms with van der Waals surface area (Å²) in [5.74, 6) is -0.560. The predicted octanol–water partition coefficient (Wildman–Crippen LogP) is 4.79. The maximum absolute atomic E-state index is 13.1. The number of rotatable bonds is 7. The summed E-state index contributed by atoms with van der Waals surface area (Å²) in [6, 6.07) is 19.9. The van der Waals surface area contributed by atoms with Crippen molar-refractivity contribution in [3.8, 4) is 11.1 Å². The SMILES string of the molecule is C[C@@H](NC(=O)[C@H]1CC[C@H](NS(=O)(=O)c2ccc(-c3ccccc3)c(N)c2)CC1)c1ccc(F)cc1. The van der Waals surface area contributed by atoms with Gasteiger partial charge in [0.05, 0.1) is 10.9 Å². The lowest BCUT2D eigenvalue weighted by Crippen LogP contribution is -2.41. The van der Waals surface area contributed by atoms with Crippen LogP contribution in [0.5, 0.6) is 0 Å². The van der Waals surface area contributed by atoms with Gasteiger partial charge in [-0.3, -0.25) is 4.79 Å². The van der Waals surface area contributed by atoms with Crippen molar-refractivity contribution >= 4 is 21.6 Å². The van der Waals surface area contributed by atoms with Crippen molar-refractivity contribution < 1.29 is 17.6 Å². The summed E-state index contributed by atoms with van der Waals surface area (Å²) in [4.78, 5) is 12.8. The van der Waals surface area contributed by atoms with Gasteiger partial charge in [-0.1, -0.05) is 48.5 Å². The molecule has 3 aromatic carbocycles. The first-order chi connectivity index (χ1) is 16.7. The largest absolute Gasteiger partial charge is 0.398 e. The van der Waals surface area contributed by atoms with Crippen LogP contribution in [0.15, 0.2) is 77.7 Å². The molecule has 4 rings (SSSR count). The molecule has 0 spiro atoms. The minimum Gasteiger partial charge on any atom is -0.398 e. The van der Waals surface area contributed by atoms with Crippen LogP contribution in [0, 0.1) is 11.7 Å². The molecular formula is C27H30FN3O3S. The van der Waals surface area contributed by atoms with Crippen LogP contribution in [0.1, 0.15) is 44.2 Å². The van der Waals surface area contributed by atoms with Crippen molar-refractivity contribution in [3.05, 3.63) is 84.2 Å². The molecule has 0 aliphatic heterocycles. The zero-order valence-electron chi connectivity index (χ0n) is 19.6. The molecule has 35 heavy (non-hydrogen) atoms. The number of nitrogens with two attached hydrogens (primary N) is 1. The second-order valence-electron chi connectivity index (χ2n) is 9.07.